The maximum absolute atomic E-state index is 8.00. The monoisotopic (exact) mass is 180 g/mol. The van der Waals surface area contributed by atoms with Gasteiger partial charge in [0.1, 0.15) is 6.79 Å². The predicted molar refractivity (Wildman–Crippen MR) is 56.4 cm³/mol. The van der Waals surface area contributed by atoms with Crippen molar-refractivity contribution in [1.29, 1.82) is 0 Å². The van der Waals surface area contributed by atoms with Gasteiger partial charge in [-0.05, 0) is 12.5 Å². The van der Waals surface area contributed by atoms with E-state index in [0.29, 0.717) is 0 Å². The van der Waals surface area contributed by atoms with Gasteiger partial charge in [-0.1, -0.05) is 42.5 Å². The highest BCUT2D eigenvalue weighted by atomic mass is 16.2. The highest BCUT2D eigenvalue weighted by molar-refractivity contribution is 5.47. The highest BCUT2D eigenvalue weighted by Crippen LogP contribution is 1.99. The van der Waals surface area contributed by atoms with E-state index in [1.807, 2.05) is 38.0 Å². The fraction of sp³-hybridized carbons (Fsp3) is 0.182. The minimum Gasteiger partial charge on any atom is -0.400 e. The maximum Gasteiger partial charge on any atom is 0.106 e. The first-order chi connectivity index (χ1) is 6.43. The molecular formula is C11H16O2. The zero-order chi connectivity index (χ0) is 10.5. The van der Waals surface area contributed by atoms with Gasteiger partial charge in [0.25, 0.3) is 0 Å². The minimum atomic E-state index is 1.00. The summed E-state index contributed by atoms with van der Waals surface area (Å²) in [6, 6.07) is 10.3. The molecule has 0 aliphatic carbocycles. The number of benzene rings is 1. The van der Waals surface area contributed by atoms with Crippen LogP contribution in [0.15, 0.2) is 36.4 Å². The van der Waals surface area contributed by atoms with E-state index in [4.69, 9.17) is 9.90 Å². The lowest BCUT2D eigenvalue weighted by Crippen LogP contribution is -1.65. The van der Waals surface area contributed by atoms with Crippen LogP contribution in [0.3, 0.4) is 0 Å². The van der Waals surface area contributed by atoms with Gasteiger partial charge in [0.05, 0.1) is 0 Å². The molecule has 0 heterocycles. The lowest BCUT2D eigenvalue weighted by atomic mass is 10.2. The van der Waals surface area contributed by atoms with E-state index in [1.165, 1.54) is 5.56 Å². The van der Waals surface area contributed by atoms with E-state index in [-0.39, 0.29) is 0 Å². The second-order valence-corrected chi connectivity index (χ2v) is 1.91. The number of rotatable bonds is 1. The van der Waals surface area contributed by atoms with Gasteiger partial charge in [0.2, 0.25) is 0 Å². The second-order valence-electron chi connectivity index (χ2n) is 1.91. The van der Waals surface area contributed by atoms with Gasteiger partial charge in [-0.2, -0.15) is 0 Å². The number of carbonyl (C=O) groups is 1. The first-order valence-corrected chi connectivity index (χ1v) is 3.85. The zero-order valence-corrected chi connectivity index (χ0v) is 8.10. The highest BCUT2D eigenvalue weighted by Gasteiger charge is 1.77. The van der Waals surface area contributed by atoms with Crippen LogP contribution in [0.2, 0.25) is 0 Å². The van der Waals surface area contributed by atoms with Crippen molar-refractivity contribution in [1.82, 2.24) is 0 Å². The standard InChI is InChI=1S/C9H10.CH4O.CH2O/c1-2-6-9-7-4-3-5-8-9;2*1-2/h2-8H,1H3;2H,1H3;1H2/b6-2+;;. The number of aliphatic hydroxyl groups excluding tert-OH is 1. The van der Waals surface area contributed by atoms with Crippen molar-refractivity contribution in [2.45, 2.75) is 6.92 Å². The largest absolute Gasteiger partial charge is 0.400 e. The SMILES string of the molecule is C/C=C/c1ccccc1.C=O.CO. The molecule has 13 heavy (non-hydrogen) atoms. The molecule has 0 spiro atoms. The molecule has 2 nitrogen and oxygen atoms in total. The summed E-state index contributed by atoms with van der Waals surface area (Å²) >= 11 is 0. The summed E-state index contributed by atoms with van der Waals surface area (Å²) in [5.41, 5.74) is 1.26. The van der Waals surface area contributed by atoms with Gasteiger partial charge in [-0.25, -0.2) is 0 Å². The lowest BCUT2D eigenvalue weighted by Gasteiger charge is -1.86. The smallest absolute Gasteiger partial charge is 0.106 e. The third kappa shape index (κ3) is 8.50. The summed E-state index contributed by atoms with van der Waals surface area (Å²) in [5.74, 6) is 0. The summed E-state index contributed by atoms with van der Waals surface area (Å²) < 4.78 is 0. The van der Waals surface area contributed by atoms with Crippen LogP contribution in [0.4, 0.5) is 0 Å². The van der Waals surface area contributed by atoms with Gasteiger partial charge >= 0.3 is 0 Å². The molecule has 1 aromatic rings. The van der Waals surface area contributed by atoms with Crippen LogP contribution in [0.5, 0.6) is 0 Å². The molecule has 0 saturated heterocycles. The van der Waals surface area contributed by atoms with E-state index in [9.17, 15) is 0 Å². The fourth-order valence-electron chi connectivity index (χ4n) is 0.757. The molecule has 0 aromatic heterocycles. The van der Waals surface area contributed by atoms with E-state index in [1.54, 1.807) is 0 Å². The Hall–Kier alpha value is -1.41. The third-order valence-electron chi connectivity index (χ3n) is 1.16. The molecule has 0 aliphatic rings. The average Bonchev–Trinajstić information content (AvgIpc) is 2.26. The van der Waals surface area contributed by atoms with Crippen molar-refractivity contribution < 1.29 is 9.90 Å². The molecule has 0 saturated carbocycles. The number of hydrogen-bond acceptors (Lipinski definition) is 2. The van der Waals surface area contributed by atoms with Crippen molar-refractivity contribution in [3.8, 4) is 0 Å². The summed E-state index contributed by atoms with van der Waals surface area (Å²) in [6.45, 7) is 4.02. The van der Waals surface area contributed by atoms with Crippen LogP contribution < -0.4 is 0 Å². The molecule has 0 fully saturated rings. The van der Waals surface area contributed by atoms with Crippen molar-refractivity contribution >= 4 is 12.9 Å². The Kier molecular flexibility index (Phi) is 14.3. The zero-order valence-electron chi connectivity index (χ0n) is 8.10. The molecule has 2 heteroatoms. The van der Waals surface area contributed by atoms with Crippen LogP contribution >= 0.6 is 0 Å². The van der Waals surface area contributed by atoms with Crippen LogP contribution in [0.25, 0.3) is 6.08 Å². The Bertz CT molecular complexity index is 205. The molecule has 1 aromatic carbocycles. The third-order valence-corrected chi connectivity index (χ3v) is 1.16. The molecule has 0 unspecified atom stereocenters. The van der Waals surface area contributed by atoms with Crippen LogP contribution in [-0.4, -0.2) is 19.0 Å². The van der Waals surface area contributed by atoms with Gasteiger partial charge in [-0.3, -0.25) is 0 Å². The van der Waals surface area contributed by atoms with Crippen LogP contribution in [0.1, 0.15) is 12.5 Å². The summed E-state index contributed by atoms with van der Waals surface area (Å²) in [7, 11) is 1.00. The average molecular weight is 180 g/mol. The molecule has 0 bridgehead atoms. The normalized spacial score (nSPS) is 7.92. The number of carbonyl (C=O) groups excluding carboxylic acids is 1. The molecule has 1 N–H and O–H groups in total. The minimum absolute atomic E-state index is 1.00. The Morgan fingerprint density at radius 3 is 2.00 bits per heavy atom. The number of hydrogen-bond donors (Lipinski definition) is 1. The fourth-order valence-corrected chi connectivity index (χ4v) is 0.757. The van der Waals surface area contributed by atoms with Gasteiger partial charge in [-0.15, -0.1) is 0 Å². The van der Waals surface area contributed by atoms with Crippen LogP contribution in [0, 0.1) is 0 Å². The molecule has 0 aliphatic heterocycles. The lowest BCUT2D eigenvalue weighted by molar-refractivity contribution is -0.0979. The van der Waals surface area contributed by atoms with Crippen LogP contribution in [-0.2, 0) is 4.79 Å². The van der Waals surface area contributed by atoms with Crippen molar-refractivity contribution in [3.63, 3.8) is 0 Å². The van der Waals surface area contributed by atoms with Crippen molar-refractivity contribution in [3.05, 3.63) is 42.0 Å². The maximum atomic E-state index is 8.00. The molecular weight excluding hydrogens is 164 g/mol. The first kappa shape index (κ1) is 14.1. The predicted octanol–water partition coefficient (Wildman–Crippen LogP) is 2.14. The number of aliphatic hydroxyl groups is 1. The first-order valence-electron chi connectivity index (χ1n) is 3.85. The van der Waals surface area contributed by atoms with E-state index in [2.05, 4.69) is 18.2 Å². The van der Waals surface area contributed by atoms with Gasteiger partial charge < -0.3 is 9.90 Å². The van der Waals surface area contributed by atoms with E-state index < -0.39 is 0 Å². The van der Waals surface area contributed by atoms with Crippen molar-refractivity contribution in [2.24, 2.45) is 0 Å². The summed E-state index contributed by atoms with van der Waals surface area (Å²) in [6.07, 6.45) is 4.12. The van der Waals surface area contributed by atoms with Gasteiger partial charge in [0, 0.05) is 7.11 Å². The van der Waals surface area contributed by atoms with Gasteiger partial charge in [0.15, 0.2) is 0 Å². The van der Waals surface area contributed by atoms with E-state index in [0.717, 1.165) is 7.11 Å². The Morgan fingerprint density at radius 1 is 1.15 bits per heavy atom. The Balaban J connectivity index is 0. The quantitative estimate of drug-likeness (QED) is 0.719. The molecule has 0 amide bonds. The Labute approximate surface area is 79.5 Å². The Morgan fingerprint density at radius 2 is 1.62 bits per heavy atom. The topological polar surface area (TPSA) is 37.3 Å². The summed E-state index contributed by atoms with van der Waals surface area (Å²) in [4.78, 5) is 8.00. The molecule has 1 rings (SSSR count). The van der Waals surface area contributed by atoms with Crippen molar-refractivity contribution in [2.75, 3.05) is 7.11 Å². The molecule has 72 valence electrons. The second kappa shape index (κ2) is 13.2. The van der Waals surface area contributed by atoms with E-state index >= 15 is 0 Å². The molecule has 0 atom stereocenters. The number of allylic oxidation sites excluding steroid dienone is 1. The summed E-state index contributed by atoms with van der Waals surface area (Å²) in [5, 5.41) is 7.00. The molecule has 0 radical (unpaired) electrons.